The molecule has 0 radical (unpaired) electrons. The van der Waals surface area contributed by atoms with E-state index in [1.54, 1.807) is 0 Å². The average molecular weight is 897 g/mol. The molecule has 7 fully saturated rings. The summed E-state index contributed by atoms with van der Waals surface area (Å²) in [4.78, 5) is 21.5. The molecule has 20 atom stereocenters. The quantitative estimate of drug-likeness (QED) is 0.136. The number of rotatable bonds is 12. The van der Waals surface area contributed by atoms with Gasteiger partial charge in [0.2, 0.25) is 0 Å². The summed E-state index contributed by atoms with van der Waals surface area (Å²) in [6.07, 6.45) is 4.61. The molecule has 0 amide bonds. The fraction of sp³-hybridized carbons (Fsp3) is 0.878. The molecule has 14 heteroatoms. The Labute approximate surface area is 377 Å². The van der Waals surface area contributed by atoms with Crippen molar-refractivity contribution < 1.29 is 67.9 Å². The van der Waals surface area contributed by atoms with Crippen LogP contribution in [0.15, 0.2) is 24.3 Å². The van der Waals surface area contributed by atoms with Crippen LogP contribution in [-0.4, -0.2) is 150 Å². The summed E-state index contributed by atoms with van der Waals surface area (Å²) in [5.41, 5.74) is 2.05. The molecule has 0 aromatic carbocycles. The van der Waals surface area contributed by atoms with Crippen LogP contribution in [-0.2, 0) is 47.5 Å². The number of hydrogen-bond acceptors (Lipinski definition) is 14. The molecule has 4 N–H and O–H groups in total. The van der Waals surface area contributed by atoms with Crippen LogP contribution in [0.1, 0.15) is 133 Å². The summed E-state index contributed by atoms with van der Waals surface area (Å²) < 4.78 is 49.6. The molecule has 0 aromatic rings. The minimum absolute atomic E-state index is 0. The zero-order valence-electron chi connectivity index (χ0n) is 37.4. The molecular weight excluding hydrogens is 813 g/mol. The minimum Gasteiger partial charge on any atom is -0.396 e. The third-order valence-electron chi connectivity index (χ3n) is 14.6. The molecule has 7 saturated heterocycles. The normalized spacial score (nSPS) is 44.7. The van der Waals surface area contributed by atoms with E-state index in [4.69, 9.17) is 37.9 Å². The van der Waals surface area contributed by atoms with Crippen molar-refractivity contribution in [3.8, 4) is 0 Å². The highest BCUT2D eigenvalue weighted by Crippen LogP contribution is 2.43. The fourth-order valence-electron chi connectivity index (χ4n) is 10.8. The van der Waals surface area contributed by atoms with Gasteiger partial charge in [-0.05, 0) is 75.4 Å². The van der Waals surface area contributed by atoms with Crippen LogP contribution in [0.25, 0.3) is 0 Å². The van der Waals surface area contributed by atoms with E-state index in [1.807, 2.05) is 27.7 Å². The van der Waals surface area contributed by atoms with Crippen molar-refractivity contribution in [3.63, 3.8) is 0 Å². The number of aliphatic hydroxyl groups is 4. The van der Waals surface area contributed by atoms with Gasteiger partial charge in [0.15, 0.2) is 5.79 Å². The summed E-state index contributed by atoms with van der Waals surface area (Å²) in [5, 5.41) is 41.5. The van der Waals surface area contributed by atoms with Gasteiger partial charge < -0.3 is 67.9 Å². The lowest BCUT2D eigenvalue weighted by atomic mass is 9.79. The predicted molar refractivity (Wildman–Crippen MR) is 238 cm³/mol. The lowest BCUT2D eigenvalue weighted by molar-refractivity contribution is -0.294. The van der Waals surface area contributed by atoms with Crippen molar-refractivity contribution in [2.45, 2.75) is 237 Å². The van der Waals surface area contributed by atoms with E-state index in [9.17, 15) is 30.0 Å². The number of aliphatic hydroxyl groups excluding tert-OH is 4. The van der Waals surface area contributed by atoms with Crippen molar-refractivity contribution in [2.75, 3.05) is 13.2 Å². The van der Waals surface area contributed by atoms with Gasteiger partial charge >= 0.3 is 0 Å². The zero-order chi connectivity index (χ0) is 44.2. The maximum atomic E-state index is 11.1. The first-order chi connectivity index (χ1) is 29.0. The third-order valence-corrected chi connectivity index (χ3v) is 14.6. The van der Waals surface area contributed by atoms with Crippen molar-refractivity contribution >= 4 is 12.6 Å². The predicted octanol–water partition coefficient (Wildman–Crippen LogP) is 5.81. The second kappa shape index (κ2) is 23.9. The van der Waals surface area contributed by atoms with Crippen LogP contribution in [0, 0.1) is 23.7 Å². The van der Waals surface area contributed by atoms with Crippen LogP contribution < -0.4 is 0 Å². The lowest BCUT2D eigenvalue weighted by Crippen LogP contribution is -2.61. The molecule has 0 aliphatic carbocycles. The summed E-state index contributed by atoms with van der Waals surface area (Å²) in [7, 11) is 0. The second-order valence-corrected chi connectivity index (χ2v) is 19.5. The molecule has 7 heterocycles. The first kappa shape index (κ1) is 54.0. The topological polar surface area (TPSA) is 189 Å². The first-order valence-corrected chi connectivity index (χ1v) is 23.2. The van der Waals surface area contributed by atoms with Crippen molar-refractivity contribution in [3.05, 3.63) is 24.3 Å². The van der Waals surface area contributed by atoms with E-state index in [0.717, 1.165) is 55.8 Å². The molecular formula is C49H84O14. The average Bonchev–Trinajstić information content (AvgIpc) is 3.37. The Kier molecular flexibility index (Phi) is 20.4. The molecule has 7 aliphatic rings. The molecule has 14 nitrogen and oxygen atoms in total. The van der Waals surface area contributed by atoms with Gasteiger partial charge in [0.1, 0.15) is 12.6 Å². The summed E-state index contributed by atoms with van der Waals surface area (Å²) >= 11 is 0. The number of carbonyl (C=O) groups is 2. The van der Waals surface area contributed by atoms with Gasteiger partial charge in [-0.15, -0.1) is 0 Å². The van der Waals surface area contributed by atoms with E-state index in [0.29, 0.717) is 57.5 Å². The van der Waals surface area contributed by atoms with Crippen molar-refractivity contribution in [1.29, 1.82) is 0 Å². The number of carbonyl (C=O) groups excluding carboxylic acids is 2. The van der Waals surface area contributed by atoms with Gasteiger partial charge in [0, 0.05) is 57.0 Å². The van der Waals surface area contributed by atoms with Gasteiger partial charge in [-0.3, -0.25) is 0 Å². The van der Waals surface area contributed by atoms with E-state index in [1.165, 1.54) is 0 Å². The van der Waals surface area contributed by atoms with Gasteiger partial charge in [0.25, 0.3) is 0 Å². The van der Waals surface area contributed by atoms with Crippen LogP contribution in [0.4, 0.5) is 0 Å². The van der Waals surface area contributed by atoms with Crippen LogP contribution in [0.2, 0.25) is 0 Å². The van der Waals surface area contributed by atoms with Crippen LogP contribution in [0.3, 0.4) is 0 Å². The summed E-state index contributed by atoms with van der Waals surface area (Å²) in [5.74, 6) is -0.258. The maximum Gasteiger partial charge on any atom is 0.163 e. The zero-order valence-corrected chi connectivity index (χ0v) is 37.4. The highest BCUT2D eigenvalue weighted by molar-refractivity contribution is 5.49. The number of ether oxygens (including phenoxy) is 8. The second-order valence-electron chi connectivity index (χ2n) is 19.5. The Bertz CT molecular complexity index is 1460. The van der Waals surface area contributed by atoms with Gasteiger partial charge in [-0.25, -0.2) is 0 Å². The first-order valence-electron chi connectivity index (χ1n) is 23.2. The Morgan fingerprint density at radius 3 is 1.62 bits per heavy atom. The van der Waals surface area contributed by atoms with Gasteiger partial charge in [-0.2, -0.15) is 0 Å². The number of fused-ring (bicyclic) bond motifs is 3. The Morgan fingerprint density at radius 2 is 1.13 bits per heavy atom. The maximum absolute atomic E-state index is 11.1. The molecule has 0 bridgehead atoms. The van der Waals surface area contributed by atoms with E-state index in [2.05, 4.69) is 27.0 Å². The summed E-state index contributed by atoms with van der Waals surface area (Å²) in [6, 6.07) is 0. The fourth-order valence-corrected chi connectivity index (χ4v) is 10.8. The molecule has 364 valence electrons. The number of aldehydes is 2. The lowest BCUT2D eigenvalue weighted by Gasteiger charge is -2.50. The highest BCUT2D eigenvalue weighted by atomic mass is 16.7. The van der Waals surface area contributed by atoms with E-state index >= 15 is 0 Å². The van der Waals surface area contributed by atoms with Crippen molar-refractivity contribution in [2.24, 2.45) is 23.7 Å². The largest absolute Gasteiger partial charge is 0.396 e. The molecule has 0 saturated carbocycles. The SMILES string of the molecule is C.C.C=C1C(C[C@@H]2O[C@H]3CC(O)[C@@H](CCO)O[C@H]3[C@H](C)[C@H]2O)O[C@@H](CCC=O)C[C@H]1C.C=C1C(C[C@@H]2O[C@H]3C[C@H]4OC(C)(C)OCC[C@H]4O[C@H]3[C@H](C)[C@H]2O)O[C@@H](CCC=O)C[C@H]1C. The molecule has 0 aromatic heterocycles. The molecule has 7 rings (SSSR count). The molecule has 63 heavy (non-hydrogen) atoms. The van der Waals surface area contributed by atoms with E-state index in [-0.39, 0.29) is 106 Å². The highest BCUT2D eigenvalue weighted by Gasteiger charge is 2.53. The Hall–Kier alpha value is -1.66. The van der Waals surface area contributed by atoms with Crippen molar-refractivity contribution in [1.82, 2.24) is 0 Å². The molecule has 3 unspecified atom stereocenters. The molecule has 7 aliphatic heterocycles. The van der Waals surface area contributed by atoms with E-state index < -0.39 is 36.3 Å². The third kappa shape index (κ3) is 13.1. The minimum atomic E-state index is -0.719. The molecule has 0 spiro atoms. The smallest absolute Gasteiger partial charge is 0.163 e. The van der Waals surface area contributed by atoms with Gasteiger partial charge in [0.05, 0.1) is 104 Å². The standard InChI is InChI=1S/C25H40O7.C22H36O7.2CH4/c1-14-11-17(7-6-9-26)29-19(15(14)2)12-21-23(27)16(3)24-22(30-21)13-20-18(31-24)8-10-28-25(4,5)32-20;1-12-9-15(5-4-7-23)27-18(13(12)2)11-19-21(26)14(3)22-20(28-19)10-16(25)17(29-22)6-8-24;;/h9,14,16-24,27H,2,6-8,10-13H2,1,3-5H3;7,12,14-22,24-26H,2,4-6,8-11H2,1,3H3;2*1H4/t14-,16-,17+,18-,19?,20-,21+,22+,23-,24+;12-,14-,15+,16?,17-,18?,19+,20+,21-,22+;;/m11../s1. The number of hydrogen-bond donors (Lipinski definition) is 4. The Balaban J connectivity index is 0.000000269. The van der Waals surface area contributed by atoms with Crippen LogP contribution >= 0.6 is 0 Å². The summed E-state index contributed by atoms with van der Waals surface area (Å²) in [6.45, 7) is 21.2. The van der Waals surface area contributed by atoms with Crippen LogP contribution in [0.5, 0.6) is 0 Å². The van der Waals surface area contributed by atoms with Gasteiger partial charge in [-0.1, -0.05) is 55.7 Å². The Morgan fingerprint density at radius 1 is 0.635 bits per heavy atom. The monoisotopic (exact) mass is 897 g/mol.